The van der Waals surface area contributed by atoms with Crippen LogP contribution in [0.15, 0.2) is 34.8 Å². The second-order valence-electron chi connectivity index (χ2n) is 6.08. The smallest absolute Gasteiger partial charge is 0.234 e. The molecule has 3 rings (SSSR count). The standard InChI is InChI=1S/C19H22N4OS2/c1-5-14-6-8-15(9-7-14)20-17(24)11-26-19-22-21-18(23(19)4)16-10-25-13(3)12(16)2/h6-10H,5,11H2,1-4H3,(H,20,24). The molecule has 0 saturated heterocycles. The Balaban J connectivity index is 1.62. The summed E-state index contributed by atoms with van der Waals surface area (Å²) in [5.74, 6) is 1.08. The summed E-state index contributed by atoms with van der Waals surface area (Å²) in [5, 5.41) is 14.3. The number of nitrogens with one attached hydrogen (secondary N) is 1. The molecule has 0 bridgehead atoms. The molecule has 2 heterocycles. The summed E-state index contributed by atoms with van der Waals surface area (Å²) in [6, 6.07) is 7.93. The molecule has 136 valence electrons. The first-order valence-corrected chi connectivity index (χ1v) is 10.3. The van der Waals surface area contributed by atoms with Crippen molar-refractivity contribution in [2.24, 2.45) is 7.05 Å². The zero-order valence-corrected chi connectivity index (χ0v) is 17.0. The second kappa shape index (κ2) is 8.05. The number of amides is 1. The van der Waals surface area contributed by atoms with Crippen molar-refractivity contribution in [3.63, 3.8) is 0 Å². The lowest BCUT2D eigenvalue weighted by Crippen LogP contribution is -2.14. The van der Waals surface area contributed by atoms with Crippen molar-refractivity contribution in [1.29, 1.82) is 0 Å². The number of carbonyl (C=O) groups is 1. The van der Waals surface area contributed by atoms with E-state index in [1.165, 1.54) is 27.8 Å². The Morgan fingerprint density at radius 2 is 1.96 bits per heavy atom. The van der Waals surface area contributed by atoms with E-state index in [1.807, 2.05) is 35.9 Å². The Kier molecular flexibility index (Phi) is 5.78. The van der Waals surface area contributed by atoms with E-state index in [-0.39, 0.29) is 5.91 Å². The minimum absolute atomic E-state index is 0.0497. The van der Waals surface area contributed by atoms with Gasteiger partial charge in [0.1, 0.15) is 0 Å². The summed E-state index contributed by atoms with van der Waals surface area (Å²) in [5.41, 5.74) is 4.41. The van der Waals surface area contributed by atoms with Crippen LogP contribution in [0.5, 0.6) is 0 Å². The third-order valence-corrected chi connectivity index (χ3v) is 6.37. The molecule has 1 N–H and O–H groups in total. The molecule has 0 unspecified atom stereocenters. The fourth-order valence-corrected chi connectivity index (χ4v) is 4.13. The average molecular weight is 387 g/mol. The number of rotatable bonds is 6. The molecule has 5 nitrogen and oxygen atoms in total. The summed E-state index contributed by atoms with van der Waals surface area (Å²) >= 11 is 3.10. The van der Waals surface area contributed by atoms with Gasteiger partial charge in [-0.15, -0.1) is 21.5 Å². The number of hydrogen-bond acceptors (Lipinski definition) is 5. The van der Waals surface area contributed by atoms with Gasteiger partial charge in [0.2, 0.25) is 5.91 Å². The summed E-state index contributed by atoms with van der Waals surface area (Å²) in [7, 11) is 1.94. The molecule has 0 fully saturated rings. The number of carbonyl (C=O) groups excluding carboxylic acids is 1. The number of anilines is 1. The molecule has 2 aromatic heterocycles. The Morgan fingerprint density at radius 1 is 1.23 bits per heavy atom. The first kappa shape index (κ1) is 18.7. The highest BCUT2D eigenvalue weighted by Crippen LogP contribution is 2.30. The van der Waals surface area contributed by atoms with Gasteiger partial charge >= 0.3 is 0 Å². The van der Waals surface area contributed by atoms with Crippen molar-refractivity contribution in [3.8, 4) is 11.4 Å². The third-order valence-electron chi connectivity index (χ3n) is 4.34. The Morgan fingerprint density at radius 3 is 2.58 bits per heavy atom. The number of hydrogen-bond donors (Lipinski definition) is 1. The second-order valence-corrected chi connectivity index (χ2v) is 8.11. The maximum atomic E-state index is 12.2. The van der Waals surface area contributed by atoms with Crippen LogP contribution in [-0.4, -0.2) is 26.4 Å². The van der Waals surface area contributed by atoms with E-state index < -0.39 is 0 Å². The molecule has 0 saturated carbocycles. The molecule has 26 heavy (non-hydrogen) atoms. The quantitative estimate of drug-likeness (QED) is 0.636. The van der Waals surface area contributed by atoms with Crippen LogP contribution in [0, 0.1) is 13.8 Å². The lowest BCUT2D eigenvalue weighted by atomic mass is 10.1. The SMILES string of the molecule is CCc1ccc(NC(=O)CSc2nnc(-c3csc(C)c3C)n2C)cc1. The van der Waals surface area contributed by atoms with Gasteiger partial charge in [0.15, 0.2) is 11.0 Å². The Bertz CT molecular complexity index is 912. The van der Waals surface area contributed by atoms with Crippen LogP contribution in [0.3, 0.4) is 0 Å². The number of benzene rings is 1. The van der Waals surface area contributed by atoms with Crippen molar-refractivity contribution in [1.82, 2.24) is 14.8 Å². The van der Waals surface area contributed by atoms with Gasteiger partial charge in [-0.1, -0.05) is 30.8 Å². The topological polar surface area (TPSA) is 59.8 Å². The molecule has 0 aliphatic carbocycles. The predicted octanol–water partition coefficient (Wildman–Crippen LogP) is 4.45. The fraction of sp³-hybridized carbons (Fsp3) is 0.316. The zero-order chi connectivity index (χ0) is 18.7. The van der Waals surface area contributed by atoms with Crippen molar-refractivity contribution in [2.45, 2.75) is 32.3 Å². The van der Waals surface area contributed by atoms with Crippen molar-refractivity contribution < 1.29 is 4.79 Å². The van der Waals surface area contributed by atoms with Crippen LogP contribution in [0.1, 0.15) is 22.9 Å². The summed E-state index contributed by atoms with van der Waals surface area (Å²) in [6.07, 6.45) is 0.988. The first-order valence-electron chi connectivity index (χ1n) is 8.45. The number of thiophene rings is 1. The van der Waals surface area contributed by atoms with Gasteiger partial charge in [0.05, 0.1) is 5.75 Å². The molecule has 0 radical (unpaired) electrons. The molecule has 1 amide bonds. The molecule has 0 atom stereocenters. The molecular weight excluding hydrogens is 364 g/mol. The van der Waals surface area contributed by atoms with Crippen LogP contribution >= 0.6 is 23.1 Å². The van der Waals surface area contributed by atoms with Gasteiger partial charge in [-0.3, -0.25) is 4.79 Å². The van der Waals surface area contributed by atoms with E-state index in [0.29, 0.717) is 5.75 Å². The Labute approximate surface area is 161 Å². The normalized spacial score (nSPS) is 10.9. The van der Waals surface area contributed by atoms with Crippen molar-refractivity contribution in [3.05, 3.63) is 45.6 Å². The van der Waals surface area contributed by atoms with Gasteiger partial charge < -0.3 is 9.88 Å². The minimum Gasteiger partial charge on any atom is -0.325 e. The monoisotopic (exact) mass is 386 g/mol. The zero-order valence-electron chi connectivity index (χ0n) is 15.4. The van der Waals surface area contributed by atoms with E-state index in [0.717, 1.165) is 28.7 Å². The van der Waals surface area contributed by atoms with E-state index in [4.69, 9.17) is 0 Å². The first-order chi connectivity index (χ1) is 12.5. The van der Waals surface area contributed by atoms with E-state index in [9.17, 15) is 4.79 Å². The van der Waals surface area contributed by atoms with Gasteiger partial charge in [-0.05, 0) is 43.5 Å². The molecule has 0 aliphatic heterocycles. The highest BCUT2D eigenvalue weighted by Gasteiger charge is 2.16. The largest absolute Gasteiger partial charge is 0.325 e. The summed E-state index contributed by atoms with van der Waals surface area (Å²) < 4.78 is 1.95. The fourth-order valence-electron chi connectivity index (χ4n) is 2.56. The average Bonchev–Trinajstić information content (AvgIpc) is 3.16. The number of thioether (sulfide) groups is 1. The van der Waals surface area contributed by atoms with Gasteiger partial charge in [0, 0.05) is 28.6 Å². The van der Waals surface area contributed by atoms with Crippen LogP contribution in [-0.2, 0) is 18.3 Å². The lowest BCUT2D eigenvalue weighted by molar-refractivity contribution is -0.113. The lowest BCUT2D eigenvalue weighted by Gasteiger charge is -2.06. The minimum atomic E-state index is -0.0497. The van der Waals surface area contributed by atoms with Gasteiger partial charge in [0.25, 0.3) is 0 Å². The van der Waals surface area contributed by atoms with Crippen molar-refractivity contribution >= 4 is 34.7 Å². The summed E-state index contributed by atoms with van der Waals surface area (Å²) in [4.78, 5) is 13.5. The van der Waals surface area contributed by atoms with Crippen LogP contribution < -0.4 is 5.32 Å². The van der Waals surface area contributed by atoms with Gasteiger partial charge in [-0.25, -0.2) is 0 Å². The molecule has 0 aliphatic rings. The predicted molar refractivity (Wildman–Crippen MR) is 109 cm³/mol. The van der Waals surface area contributed by atoms with E-state index >= 15 is 0 Å². The molecule has 3 aromatic rings. The van der Waals surface area contributed by atoms with Crippen LogP contribution in [0.25, 0.3) is 11.4 Å². The van der Waals surface area contributed by atoms with Crippen LogP contribution in [0.2, 0.25) is 0 Å². The highest BCUT2D eigenvalue weighted by molar-refractivity contribution is 7.99. The Hall–Kier alpha value is -2.12. The van der Waals surface area contributed by atoms with Crippen LogP contribution in [0.4, 0.5) is 5.69 Å². The maximum absolute atomic E-state index is 12.2. The third kappa shape index (κ3) is 3.99. The van der Waals surface area contributed by atoms with Crippen molar-refractivity contribution in [2.75, 3.05) is 11.1 Å². The number of nitrogens with zero attached hydrogens (tertiary/aromatic N) is 3. The molecular formula is C19H22N4OS2. The molecule has 7 heteroatoms. The number of aromatic nitrogens is 3. The highest BCUT2D eigenvalue weighted by atomic mass is 32.2. The molecule has 0 spiro atoms. The summed E-state index contributed by atoms with van der Waals surface area (Å²) in [6.45, 7) is 6.31. The van der Waals surface area contributed by atoms with E-state index in [2.05, 4.69) is 41.7 Å². The number of aryl methyl sites for hydroxylation is 2. The maximum Gasteiger partial charge on any atom is 0.234 e. The van der Waals surface area contributed by atoms with E-state index in [1.54, 1.807) is 11.3 Å². The van der Waals surface area contributed by atoms with Gasteiger partial charge in [-0.2, -0.15) is 0 Å². The molecule has 1 aromatic carbocycles.